The van der Waals surface area contributed by atoms with E-state index in [1.807, 2.05) is 11.8 Å². The molecular formula is C21H29N3S. The molecular weight excluding hydrogens is 326 g/mol. The minimum absolute atomic E-state index is 0.520. The molecule has 6 rings (SSSR count). The first-order valence-electron chi connectivity index (χ1n) is 9.93. The first-order valence-corrected chi connectivity index (χ1v) is 10.9. The van der Waals surface area contributed by atoms with Crippen LogP contribution in [0.2, 0.25) is 0 Å². The van der Waals surface area contributed by atoms with Gasteiger partial charge in [0.1, 0.15) is 5.04 Å². The Labute approximate surface area is 155 Å². The summed E-state index contributed by atoms with van der Waals surface area (Å²) in [6, 6.07) is 10.5. The van der Waals surface area contributed by atoms with Gasteiger partial charge in [0, 0.05) is 12.1 Å². The molecule has 1 aromatic carbocycles. The fraction of sp³-hybridized carbons (Fsp3) is 0.667. The summed E-state index contributed by atoms with van der Waals surface area (Å²) in [7, 11) is 0. The summed E-state index contributed by atoms with van der Waals surface area (Å²) in [5.41, 5.74) is 1.76. The molecule has 1 aliphatic heterocycles. The first kappa shape index (κ1) is 16.2. The number of benzene rings is 1. The van der Waals surface area contributed by atoms with E-state index in [9.17, 15) is 0 Å². The van der Waals surface area contributed by atoms with Gasteiger partial charge in [0.2, 0.25) is 0 Å². The van der Waals surface area contributed by atoms with Gasteiger partial charge in [0.15, 0.2) is 0 Å². The number of nitrogens with zero attached hydrogens (tertiary/aromatic N) is 2. The van der Waals surface area contributed by atoms with Crippen molar-refractivity contribution < 1.29 is 0 Å². The van der Waals surface area contributed by atoms with Crippen molar-refractivity contribution in [3.63, 3.8) is 0 Å². The molecule has 4 saturated carbocycles. The van der Waals surface area contributed by atoms with E-state index >= 15 is 0 Å². The number of hydrogen-bond acceptors (Lipinski definition) is 4. The van der Waals surface area contributed by atoms with Crippen LogP contribution in [-0.4, -0.2) is 29.1 Å². The SMILES string of the molecule is CC1(CNCN2CSC(c3ccccc3)=N2)C2CC3CC(C2)CC1C3. The Bertz CT molecular complexity index is 628. The lowest BCUT2D eigenvalue weighted by molar-refractivity contribution is -0.0974. The molecule has 1 heterocycles. The standard InChI is InChI=1S/C21H29N3S/c1-21(18-8-15-7-16(10-18)11-19(21)9-15)12-22-13-24-14-25-20(23-24)17-5-3-2-4-6-17/h2-6,15-16,18-19,22H,7-14H2,1H3. The minimum Gasteiger partial charge on any atom is -0.298 e. The van der Waals surface area contributed by atoms with Gasteiger partial charge in [0.25, 0.3) is 0 Å². The molecule has 0 amide bonds. The molecule has 4 bridgehead atoms. The van der Waals surface area contributed by atoms with Gasteiger partial charge in [0.05, 0.1) is 12.5 Å². The van der Waals surface area contributed by atoms with E-state index in [1.165, 1.54) is 37.8 Å². The Morgan fingerprint density at radius 2 is 1.76 bits per heavy atom. The van der Waals surface area contributed by atoms with Crippen molar-refractivity contribution in [3.8, 4) is 0 Å². The molecule has 0 aromatic heterocycles. The third-order valence-electron chi connectivity index (χ3n) is 7.41. The fourth-order valence-corrected chi connectivity index (χ4v) is 7.02. The zero-order valence-electron chi connectivity index (χ0n) is 15.2. The fourth-order valence-electron chi connectivity index (χ4n) is 6.13. The van der Waals surface area contributed by atoms with Crippen LogP contribution < -0.4 is 5.32 Å². The van der Waals surface area contributed by atoms with E-state index < -0.39 is 0 Å². The second-order valence-corrected chi connectivity index (χ2v) is 9.88. The van der Waals surface area contributed by atoms with Crippen LogP contribution in [0.15, 0.2) is 35.4 Å². The lowest BCUT2D eigenvalue weighted by Crippen LogP contribution is -2.55. The summed E-state index contributed by atoms with van der Waals surface area (Å²) >= 11 is 1.85. The topological polar surface area (TPSA) is 27.6 Å². The van der Waals surface area contributed by atoms with Crippen LogP contribution >= 0.6 is 11.8 Å². The van der Waals surface area contributed by atoms with Crippen LogP contribution in [0.3, 0.4) is 0 Å². The van der Waals surface area contributed by atoms with E-state index in [1.54, 1.807) is 6.42 Å². The van der Waals surface area contributed by atoms with E-state index in [0.29, 0.717) is 5.41 Å². The highest BCUT2D eigenvalue weighted by molar-refractivity contribution is 8.14. The largest absolute Gasteiger partial charge is 0.298 e. The number of hydrogen-bond donors (Lipinski definition) is 1. The van der Waals surface area contributed by atoms with E-state index in [-0.39, 0.29) is 0 Å². The molecule has 0 atom stereocenters. The molecule has 1 N–H and O–H groups in total. The molecule has 4 fully saturated rings. The van der Waals surface area contributed by atoms with Gasteiger partial charge >= 0.3 is 0 Å². The van der Waals surface area contributed by atoms with Gasteiger partial charge in [-0.3, -0.25) is 10.3 Å². The molecule has 5 aliphatic rings. The second kappa shape index (κ2) is 6.31. The van der Waals surface area contributed by atoms with E-state index in [0.717, 1.165) is 41.3 Å². The summed E-state index contributed by atoms with van der Waals surface area (Å²) in [5, 5.41) is 11.9. The average Bonchev–Trinajstić information content (AvgIpc) is 3.09. The maximum absolute atomic E-state index is 4.81. The summed E-state index contributed by atoms with van der Waals surface area (Å²) < 4.78 is 0. The van der Waals surface area contributed by atoms with Crippen molar-refractivity contribution in [1.29, 1.82) is 0 Å². The van der Waals surface area contributed by atoms with Crippen LogP contribution in [0.5, 0.6) is 0 Å². The highest BCUT2D eigenvalue weighted by atomic mass is 32.2. The maximum atomic E-state index is 4.81. The summed E-state index contributed by atoms with van der Waals surface area (Å²) in [5.74, 6) is 5.01. The zero-order valence-corrected chi connectivity index (χ0v) is 16.0. The predicted molar refractivity (Wildman–Crippen MR) is 105 cm³/mol. The molecule has 0 unspecified atom stereocenters. The first-order chi connectivity index (χ1) is 12.2. The third kappa shape index (κ3) is 2.91. The molecule has 0 radical (unpaired) electrons. The monoisotopic (exact) mass is 355 g/mol. The maximum Gasteiger partial charge on any atom is 0.125 e. The second-order valence-electron chi connectivity index (χ2n) is 8.95. The summed E-state index contributed by atoms with van der Waals surface area (Å²) in [6.07, 6.45) is 7.54. The van der Waals surface area contributed by atoms with Gasteiger partial charge in [-0.1, -0.05) is 49.0 Å². The van der Waals surface area contributed by atoms with Gasteiger partial charge in [-0.25, -0.2) is 0 Å². The van der Waals surface area contributed by atoms with Crippen LogP contribution in [-0.2, 0) is 0 Å². The molecule has 134 valence electrons. The molecule has 1 aromatic rings. The van der Waals surface area contributed by atoms with Crippen LogP contribution in [0, 0.1) is 29.1 Å². The smallest absolute Gasteiger partial charge is 0.125 e. The van der Waals surface area contributed by atoms with Crippen molar-refractivity contribution >= 4 is 16.8 Å². The molecule has 0 saturated heterocycles. The highest BCUT2D eigenvalue weighted by Crippen LogP contribution is 2.61. The average molecular weight is 356 g/mol. The van der Waals surface area contributed by atoms with Crippen molar-refractivity contribution in [1.82, 2.24) is 10.3 Å². The molecule has 0 spiro atoms. The van der Waals surface area contributed by atoms with Crippen molar-refractivity contribution in [2.45, 2.75) is 39.0 Å². The Balaban J connectivity index is 1.18. The predicted octanol–water partition coefficient (Wildman–Crippen LogP) is 4.36. The van der Waals surface area contributed by atoms with Crippen LogP contribution in [0.25, 0.3) is 0 Å². The van der Waals surface area contributed by atoms with E-state index in [4.69, 9.17) is 5.10 Å². The van der Waals surface area contributed by atoms with Gasteiger partial charge in [-0.2, -0.15) is 5.10 Å². The van der Waals surface area contributed by atoms with Crippen LogP contribution in [0.1, 0.15) is 44.6 Å². The van der Waals surface area contributed by atoms with Gasteiger partial charge in [-0.15, -0.1) is 0 Å². The molecule has 4 heteroatoms. The molecule has 3 nitrogen and oxygen atoms in total. The Morgan fingerprint density at radius 1 is 1.08 bits per heavy atom. The summed E-state index contributed by atoms with van der Waals surface area (Å²) in [4.78, 5) is 0. The molecule has 25 heavy (non-hydrogen) atoms. The van der Waals surface area contributed by atoms with Crippen molar-refractivity contribution in [3.05, 3.63) is 35.9 Å². The van der Waals surface area contributed by atoms with Gasteiger partial charge in [-0.05, 0) is 61.2 Å². The number of thioether (sulfide) groups is 1. The van der Waals surface area contributed by atoms with Crippen LogP contribution in [0.4, 0.5) is 0 Å². The highest BCUT2D eigenvalue weighted by Gasteiger charge is 2.54. The zero-order chi connectivity index (χ0) is 16.9. The lowest BCUT2D eigenvalue weighted by Gasteiger charge is -2.60. The van der Waals surface area contributed by atoms with Crippen molar-refractivity contribution in [2.75, 3.05) is 19.1 Å². The van der Waals surface area contributed by atoms with Crippen molar-refractivity contribution in [2.24, 2.45) is 34.2 Å². The number of nitrogens with one attached hydrogen (secondary N) is 1. The Hall–Kier alpha value is -1.00. The minimum atomic E-state index is 0.520. The third-order valence-corrected chi connectivity index (χ3v) is 8.42. The van der Waals surface area contributed by atoms with E-state index in [2.05, 4.69) is 47.6 Å². The Morgan fingerprint density at radius 3 is 2.44 bits per heavy atom. The Kier molecular flexibility index (Phi) is 4.09. The lowest BCUT2D eigenvalue weighted by atomic mass is 9.46. The number of rotatable bonds is 5. The normalized spacial score (nSPS) is 39.1. The number of hydrazone groups is 1. The quantitative estimate of drug-likeness (QED) is 0.850. The van der Waals surface area contributed by atoms with Gasteiger partial charge < -0.3 is 0 Å². The summed E-state index contributed by atoms with van der Waals surface area (Å²) in [6.45, 7) is 4.62. The molecule has 4 aliphatic carbocycles.